The number of carbonyl (C=O) groups excluding carboxylic acids is 1. The first-order valence-electron chi connectivity index (χ1n) is 9.12. The van der Waals surface area contributed by atoms with E-state index in [0.717, 1.165) is 22.5 Å². The lowest BCUT2D eigenvalue weighted by Crippen LogP contribution is -2.29. The molecule has 7 heteroatoms. The third-order valence-electron chi connectivity index (χ3n) is 4.65. The SMILES string of the molecule is COc1cc(C=C2NC(=S)N(Cc3ccccc3)C2=O)ccc1-n1cnc(C)c1. The minimum Gasteiger partial charge on any atom is -0.495 e. The topological polar surface area (TPSA) is 59.4 Å². The number of hydrogen-bond donors (Lipinski definition) is 1. The average Bonchev–Trinajstić information content (AvgIpc) is 3.27. The number of ether oxygens (including phenoxy) is 1. The maximum Gasteiger partial charge on any atom is 0.276 e. The quantitative estimate of drug-likeness (QED) is 0.521. The normalized spacial score (nSPS) is 15.1. The Bertz CT molecular complexity index is 1110. The van der Waals surface area contributed by atoms with Crippen LogP contribution in [0.3, 0.4) is 0 Å². The lowest BCUT2D eigenvalue weighted by Gasteiger charge is -2.13. The summed E-state index contributed by atoms with van der Waals surface area (Å²) in [6, 6.07) is 15.5. The number of amides is 1. The molecule has 4 rings (SSSR count). The molecule has 0 saturated carbocycles. The van der Waals surface area contributed by atoms with E-state index in [9.17, 15) is 4.79 Å². The molecule has 0 aliphatic carbocycles. The Kier molecular flexibility index (Phi) is 5.14. The van der Waals surface area contributed by atoms with Crippen LogP contribution >= 0.6 is 12.2 Å². The first-order chi connectivity index (χ1) is 14.0. The number of hydrogen-bond acceptors (Lipinski definition) is 4. The molecule has 146 valence electrons. The highest BCUT2D eigenvalue weighted by Gasteiger charge is 2.30. The molecular weight excluding hydrogens is 384 g/mol. The molecule has 0 atom stereocenters. The predicted molar refractivity (Wildman–Crippen MR) is 116 cm³/mol. The summed E-state index contributed by atoms with van der Waals surface area (Å²) in [5.41, 5.74) is 4.10. The Morgan fingerprint density at radius 2 is 2.00 bits per heavy atom. The number of rotatable bonds is 5. The van der Waals surface area contributed by atoms with Crippen LogP contribution in [-0.2, 0) is 11.3 Å². The van der Waals surface area contributed by atoms with Gasteiger partial charge in [-0.1, -0.05) is 36.4 Å². The molecule has 1 aliphatic rings. The van der Waals surface area contributed by atoms with Gasteiger partial charge in [-0.2, -0.15) is 0 Å². The van der Waals surface area contributed by atoms with Crippen LogP contribution < -0.4 is 10.1 Å². The van der Waals surface area contributed by atoms with Gasteiger partial charge < -0.3 is 14.6 Å². The van der Waals surface area contributed by atoms with Crippen LogP contribution in [-0.4, -0.2) is 32.6 Å². The molecule has 0 unspecified atom stereocenters. The van der Waals surface area contributed by atoms with Gasteiger partial charge in [-0.15, -0.1) is 0 Å². The molecule has 6 nitrogen and oxygen atoms in total. The second kappa shape index (κ2) is 7.89. The molecule has 0 radical (unpaired) electrons. The average molecular weight is 404 g/mol. The van der Waals surface area contributed by atoms with Crippen molar-refractivity contribution in [2.24, 2.45) is 0 Å². The lowest BCUT2D eigenvalue weighted by molar-refractivity contribution is -0.122. The number of benzene rings is 2. The fourth-order valence-corrected chi connectivity index (χ4v) is 3.46. The van der Waals surface area contributed by atoms with E-state index in [1.54, 1.807) is 24.4 Å². The molecule has 0 bridgehead atoms. The predicted octanol–water partition coefficient (Wildman–Crippen LogP) is 3.45. The van der Waals surface area contributed by atoms with Crippen molar-refractivity contribution < 1.29 is 9.53 Å². The first-order valence-corrected chi connectivity index (χ1v) is 9.53. The van der Waals surface area contributed by atoms with E-state index in [-0.39, 0.29) is 5.91 Å². The Morgan fingerprint density at radius 3 is 2.69 bits per heavy atom. The van der Waals surface area contributed by atoms with Crippen LogP contribution in [0.4, 0.5) is 0 Å². The van der Waals surface area contributed by atoms with Gasteiger partial charge in [0.15, 0.2) is 5.11 Å². The Hall–Kier alpha value is -3.45. The summed E-state index contributed by atoms with van der Waals surface area (Å²) in [6.07, 6.45) is 5.45. The number of nitrogens with one attached hydrogen (secondary N) is 1. The second-order valence-corrected chi connectivity index (χ2v) is 7.11. The molecule has 0 spiro atoms. The Balaban J connectivity index is 1.59. The summed E-state index contributed by atoms with van der Waals surface area (Å²) < 4.78 is 7.45. The third kappa shape index (κ3) is 3.90. The summed E-state index contributed by atoms with van der Waals surface area (Å²) in [5.74, 6) is 0.540. The first kappa shape index (κ1) is 18.9. The van der Waals surface area contributed by atoms with Crippen molar-refractivity contribution in [3.63, 3.8) is 0 Å². The van der Waals surface area contributed by atoms with Crippen molar-refractivity contribution in [2.75, 3.05) is 7.11 Å². The van der Waals surface area contributed by atoms with Crippen LogP contribution in [0.25, 0.3) is 11.8 Å². The van der Waals surface area contributed by atoms with Crippen molar-refractivity contribution in [2.45, 2.75) is 13.5 Å². The van der Waals surface area contributed by atoms with Crippen molar-refractivity contribution in [1.29, 1.82) is 0 Å². The monoisotopic (exact) mass is 404 g/mol. The molecule has 2 aromatic carbocycles. The number of thiocarbonyl (C=S) groups is 1. The minimum absolute atomic E-state index is 0.146. The number of imidazole rings is 1. The summed E-state index contributed by atoms with van der Waals surface area (Å²) in [5, 5.41) is 3.43. The standard InChI is InChI=1S/C22H20N4O2S/c1-15-12-25(14-23-15)19-9-8-17(11-20(19)28-2)10-18-21(27)26(22(29)24-18)13-16-6-4-3-5-7-16/h3-12,14H,13H2,1-2H3,(H,24,29). The van der Waals surface area contributed by atoms with E-state index < -0.39 is 0 Å². The van der Waals surface area contributed by atoms with E-state index in [2.05, 4.69) is 10.3 Å². The van der Waals surface area contributed by atoms with E-state index in [0.29, 0.717) is 23.1 Å². The summed E-state index contributed by atoms with van der Waals surface area (Å²) in [7, 11) is 1.62. The van der Waals surface area contributed by atoms with Gasteiger partial charge in [0.05, 0.1) is 31.4 Å². The highest BCUT2D eigenvalue weighted by atomic mass is 32.1. The molecule has 3 aromatic rings. The zero-order valence-corrected chi connectivity index (χ0v) is 16.9. The Labute approximate surface area is 174 Å². The van der Waals surface area contributed by atoms with Crippen molar-refractivity contribution >= 4 is 29.3 Å². The molecule has 1 N–H and O–H groups in total. The van der Waals surface area contributed by atoms with Crippen molar-refractivity contribution in [3.05, 3.63) is 83.6 Å². The van der Waals surface area contributed by atoms with E-state index in [1.165, 1.54) is 0 Å². The van der Waals surface area contributed by atoms with Crippen LogP contribution in [0.2, 0.25) is 0 Å². The lowest BCUT2D eigenvalue weighted by atomic mass is 10.1. The van der Waals surface area contributed by atoms with Gasteiger partial charge in [0.2, 0.25) is 0 Å². The number of aryl methyl sites for hydroxylation is 1. The zero-order valence-electron chi connectivity index (χ0n) is 16.1. The zero-order chi connectivity index (χ0) is 20.4. The summed E-state index contributed by atoms with van der Waals surface area (Å²) >= 11 is 5.36. The largest absolute Gasteiger partial charge is 0.495 e. The van der Waals surface area contributed by atoms with Gasteiger partial charge >= 0.3 is 0 Å². The fourth-order valence-electron chi connectivity index (χ4n) is 3.20. The van der Waals surface area contributed by atoms with Gasteiger partial charge in [0.25, 0.3) is 5.91 Å². The van der Waals surface area contributed by atoms with E-state index in [1.807, 2.05) is 66.2 Å². The molecule has 1 aliphatic heterocycles. The van der Waals surface area contributed by atoms with Gasteiger partial charge in [0, 0.05) is 6.20 Å². The van der Waals surface area contributed by atoms with Gasteiger partial charge in [-0.05, 0) is 48.5 Å². The summed E-state index contributed by atoms with van der Waals surface area (Å²) in [4.78, 5) is 18.7. The second-order valence-electron chi connectivity index (χ2n) is 6.72. The molecule has 2 heterocycles. The van der Waals surface area contributed by atoms with Crippen LogP contribution in [0.5, 0.6) is 5.75 Å². The molecule has 1 fully saturated rings. The molecule has 1 amide bonds. The number of nitrogens with zero attached hydrogens (tertiary/aromatic N) is 3. The fraction of sp³-hybridized carbons (Fsp3) is 0.136. The van der Waals surface area contributed by atoms with Crippen LogP contribution in [0.1, 0.15) is 16.8 Å². The third-order valence-corrected chi connectivity index (χ3v) is 4.97. The highest BCUT2D eigenvalue weighted by Crippen LogP contribution is 2.26. The van der Waals surface area contributed by atoms with Crippen molar-refractivity contribution in [1.82, 2.24) is 19.8 Å². The maximum atomic E-state index is 12.8. The van der Waals surface area contributed by atoms with Crippen molar-refractivity contribution in [3.8, 4) is 11.4 Å². The van der Waals surface area contributed by atoms with Gasteiger partial charge in [0.1, 0.15) is 11.4 Å². The molecular formula is C22H20N4O2S. The minimum atomic E-state index is -0.146. The van der Waals surface area contributed by atoms with E-state index >= 15 is 0 Å². The van der Waals surface area contributed by atoms with Gasteiger partial charge in [-0.25, -0.2) is 4.98 Å². The van der Waals surface area contributed by atoms with Crippen LogP contribution in [0, 0.1) is 6.92 Å². The van der Waals surface area contributed by atoms with Gasteiger partial charge in [-0.3, -0.25) is 9.69 Å². The van der Waals surface area contributed by atoms with E-state index in [4.69, 9.17) is 17.0 Å². The molecule has 29 heavy (non-hydrogen) atoms. The number of methoxy groups -OCH3 is 1. The number of carbonyl (C=O) groups is 1. The molecule has 1 aromatic heterocycles. The highest BCUT2D eigenvalue weighted by molar-refractivity contribution is 7.80. The summed E-state index contributed by atoms with van der Waals surface area (Å²) in [6.45, 7) is 2.37. The molecule has 1 saturated heterocycles. The smallest absolute Gasteiger partial charge is 0.276 e. The Morgan fingerprint density at radius 1 is 1.21 bits per heavy atom. The number of aromatic nitrogens is 2. The van der Waals surface area contributed by atoms with Crippen LogP contribution in [0.15, 0.2) is 66.8 Å². The maximum absolute atomic E-state index is 12.8.